The SMILES string of the molecule is C[Si](C)(C)C#CC(=O)NNC(=O)c1ccccc1C(F)(F)F. The Kier molecular flexibility index (Phi) is 5.38. The zero-order valence-corrected chi connectivity index (χ0v) is 13.3. The average Bonchev–Trinajstić information content (AvgIpc) is 2.40. The molecule has 0 radical (unpaired) electrons. The molecule has 4 nitrogen and oxygen atoms in total. The normalized spacial score (nSPS) is 11.2. The molecule has 0 aliphatic carbocycles. The van der Waals surface area contributed by atoms with E-state index >= 15 is 0 Å². The fourth-order valence-corrected chi connectivity index (χ4v) is 1.87. The summed E-state index contributed by atoms with van der Waals surface area (Å²) in [5, 5.41) is 0. The smallest absolute Gasteiger partial charge is 0.267 e. The van der Waals surface area contributed by atoms with Crippen LogP contribution in [0.1, 0.15) is 15.9 Å². The van der Waals surface area contributed by atoms with Crippen LogP contribution in [-0.4, -0.2) is 19.9 Å². The van der Waals surface area contributed by atoms with Crippen molar-refractivity contribution in [2.24, 2.45) is 0 Å². The number of nitrogens with one attached hydrogen (secondary N) is 2. The predicted molar refractivity (Wildman–Crippen MR) is 78.2 cm³/mol. The lowest BCUT2D eigenvalue weighted by molar-refractivity contribution is -0.137. The molecule has 0 saturated carbocycles. The molecule has 0 unspecified atom stereocenters. The Morgan fingerprint density at radius 1 is 1.09 bits per heavy atom. The summed E-state index contributed by atoms with van der Waals surface area (Å²) >= 11 is 0. The lowest BCUT2D eigenvalue weighted by Crippen LogP contribution is -2.41. The van der Waals surface area contributed by atoms with Gasteiger partial charge in [0.05, 0.1) is 11.1 Å². The molecule has 0 fully saturated rings. The summed E-state index contributed by atoms with van der Waals surface area (Å²) in [7, 11) is -1.76. The Hall–Kier alpha value is -2.27. The molecule has 1 rings (SSSR count). The average molecular weight is 328 g/mol. The van der Waals surface area contributed by atoms with Crippen LogP contribution in [-0.2, 0) is 11.0 Å². The fourth-order valence-electron chi connectivity index (χ4n) is 1.38. The summed E-state index contributed by atoms with van der Waals surface area (Å²) in [5.74, 6) is 0.462. The Bertz CT molecular complexity index is 640. The van der Waals surface area contributed by atoms with Gasteiger partial charge in [0, 0.05) is 0 Å². The van der Waals surface area contributed by atoms with Gasteiger partial charge in [-0.2, -0.15) is 13.2 Å². The molecule has 2 N–H and O–H groups in total. The van der Waals surface area contributed by atoms with Crippen LogP contribution in [0.4, 0.5) is 13.2 Å². The van der Waals surface area contributed by atoms with E-state index in [0.717, 1.165) is 12.1 Å². The van der Waals surface area contributed by atoms with Gasteiger partial charge in [-0.15, -0.1) is 5.54 Å². The summed E-state index contributed by atoms with van der Waals surface area (Å²) in [6.45, 7) is 5.77. The summed E-state index contributed by atoms with van der Waals surface area (Å²) in [6.07, 6.45) is -4.66. The molecule has 22 heavy (non-hydrogen) atoms. The number of carbonyl (C=O) groups is 2. The molecule has 0 aliphatic heterocycles. The molecule has 0 heterocycles. The van der Waals surface area contributed by atoms with Gasteiger partial charge in [-0.05, 0) is 18.1 Å². The first-order valence-electron chi connectivity index (χ1n) is 6.30. The van der Waals surface area contributed by atoms with Gasteiger partial charge in [-0.1, -0.05) is 31.8 Å². The standard InChI is InChI=1S/C14H15F3N2O2Si/c1-22(2,3)9-8-12(20)18-19-13(21)10-6-4-5-7-11(10)14(15,16)17/h4-7H,1-3H3,(H,18,20)(H,19,21). The van der Waals surface area contributed by atoms with Gasteiger partial charge < -0.3 is 0 Å². The molecule has 118 valence electrons. The van der Waals surface area contributed by atoms with E-state index in [2.05, 4.69) is 11.5 Å². The van der Waals surface area contributed by atoms with Crippen molar-refractivity contribution in [1.82, 2.24) is 10.9 Å². The molecule has 0 saturated heterocycles. The second-order valence-electron chi connectivity index (χ2n) is 5.45. The summed E-state index contributed by atoms with van der Waals surface area (Å²) in [4.78, 5) is 23.2. The zero-order chi connectivity index (χ0) is 17.0. The second kappa shape index (κ2) is 6.66. The Morgan fingerprint density at radius 3 is 2.23 bits per heavy atom. The van der Waals surface area contributed by atoms with E-state index in [0.29, 0.717) is 0 Å². The highest BCUT2D eigenvalue weighted by Gasteiger charge is 2.34. The molecular weight excluding hydrogens is 313 g/mol. The van der Waals surface area contributed by atoms with E-state index in [1.807, 2.05) is 30.5 Å². The highest BCUT2D eigenvalue weighted by molar-refractivity contribution is 6.84. The molecule has 0 atom stereocenters. The third-order valence-electron chi connectivity index (χ3n) is 2.32. The van der Waals surface area contributed by atoms with E-state index in [1.54, 1.807) is 0 Å². The van der Waals surface area contributed by atoms with Crippen molar-refractivity contribution in [1.29, 1.82) is 0 Å². The van der Waals surface area contributed by atoms with Gasteiger partial charge in [-0.25, -0.2) is 0 Å². The van der Waals surface area contributed by atoms with E-state index in [1.165, 1.54) is 12.1 Å². The largest absolute Gasteiger partial charge is 0.417 e. The zero-order valence-electron chi connectivity index (χ0n) is 12.3. The molecule has 0 aliphatic rings. The van der Waals surface area contributed by atoms with Gasteiger partial charge in [0.1, 0.15) is 8.07 Å². The molecule has 0 aromatic heterocycles. The molecule has 2 amide bonds. The number of hydrazine groups is 1. The lowest BCUT2D eigenvalue weighted by atomic mass is 10.1. The molecule has 0 spiro atoms. The topological polar surface area (TPSA) is 58.2 Å². The monoisotopic (exact) mass is 328 g/mol. The van der Waals surface area contributed by atoms with Gasteiger partial charge in [0.15, 0.2) is 0 Å². The van der Waals surface area contributed by atoms with Crippen LogP contribution in [0.25, 0.3) is 0 Å². The van der Waals surface area contributed by atoms with Gasteiger partial charge in [-0.3, -0.25) is 20.4 Å². The number of carbonyl (C=O) groups excluding carboxylic acids is 2. The lowest BCUT2D eigenvalue weighted by Gasteiger charge is -2.12. The quantitative estimate of drug-likeness (QED) is 0.472. The van der Waals surface area contributed by atoms with E-state index in [9.17, 15) is 22.8 Å². The first kappa shape index (κ1) is 17.8. The van der Waals surface area contributed by atoms with Crippen molar-refractivity contribution in [2.75, 3.05) is 0 Å². The first-order chi connectivity index (χ1) is 10.0. The van der Waals surface area contributed by atoms with E-state index < -0.39 is 37.2 Å². The van der Waals surface area contributed by atoms with Crippen LogP contribution >= 0.6 is 0 Å². The van der Waals surface area contributed by atoms with Gasteiger partial charge >= 0.3 is 12.1 Å². The van der Waals surface area contributed by atoms with Crippen molar-refractivity contribution in [3.63, 3.8) is 0 Å². The summed E-state index contributed by atoms with van der Waals surface area (Å²) in [5.41, 5.74) is 5.01. The second-order valence-corrected chi connectivity index (χ2v) is 10.2. The predicted octanol–water partition coefficient (Wildman–Crippen LogP) is 2.35. The maximum atomic E-state index is 12.8. The minimum Gasteiger partial charge on any atom is -0.267 e. The summed E-state index contributed by atoms with van der Waals surface area (Å²) < 4.78 is 38.3. The van der Waals surface area contributed by atoms with Crippen molar-refractivity contribution >= 4 is 19.9 Å². The van der Waals surface area contributed by atoms with Crippen molar-refractivity contribution in [2.45, 2.75) is 25.8 Å². The number of benzene rings is 1. The molecule has 8 heteroatoms. The number of alkyl halides is 3. The maximum absolute atomic E-state index is 12.8. The number of hydrogen-bond donors (Lipinski definition) is 2. The van der Waals surface area contributed by atoms with Crippen molar-refractivity contribution in [3.05, 3.63) is 35.4 Å². The van der Waals surface area contributed by atoms with E-state index in [-0.39, 0.29) is 0 Å². The fraction of sp³-hybridized carbons (Fsp3) is 0.286. The first-order valence-corrected chi connectivity index (χ1v) is 9.80. The van der Waals surface area contributed by atoms with Crippen LogP contribution in [0.15, 0.2) is 24.3 Å². The number of amides is 2. The molecule has 0 bridgehead atoms. The van der Waals surface area contributed by atoms with Crippen LogP contribution in [0.2, 0.25) is 19.6 Å². The minimum atomic E-state index is -4.66. The highest BCUT2D eigenvalue weighted by Crippen LogP contribution is 2.31. The molecule has 1 aromatic carbocycles. The molecular formula is C14H15F3N2O2Si. The minimum absolute atomic E-state index is 0.576. The Morgan fingerprint density at radius 2 is 1.68 bits per heavy atom. The highest BCUT2D eigenvalue weighted by atomic mass is 28.3. The van der Waals surface area contributed by atoms with Crippen molar-refractivity contribution in [3.8, 4) is 11.5 Å². The van der Waals surface area contributed by atoms with Crippen LogP contribution < -0.4 is 10.9 Å². The maximum Gasteiger partial charge on any atom is 0.417 e. The molecule has 1 aromatic rings. The van der Waals surface area contributed by atoms with Gasteiger partial charge in [0.25, 0.3) is 5.91 Å². The Labute approximate surface area is 127 Å². The van der Waals surface area contributed by atoms with Crippen LogP contribution in [0, 0.1) is 11.5 Å². The number of rotatable bonds is 1. The number of hydrogen-bond acceptors (Lipinski definition) is 2. The van der Waals surface area contributed by atoms with E-state index in [4.69, 9.17) is 0 Å². The van der Waals surface area contributed by atoms with Crippen LogP contribution in [0.3, 0.4) is 0 Å². The Balaban J connectivity index is 2.79. The summed E-state index contributed by atoms with van der Waals surface area (Å²) in [6, 6.07) is 4.30. The third kappa shape index (κ3) is 5.61. The van der Waals surface area contributed by atoms with Crippen LogP contribution in [0.5, 0.6) is 0 Å². The third-order valence-corrected chi connectivity index (χ3v) is 3.19. The van der Waals surface area contributed by atoms with Gasteiger partial charge in [0.2, 0.25) is 0 Å². The van der Waals surface area contributed by atoms with Crippen molar-refractivity contribution < 1.29 is 22.8 Å². The number of halogens is 3.